The molecule has 3 aliphatic heterocycles. The van der Waals surface area contributed by atoms with Crippen LogP contribution in [0.1, 0.15) is 12.8 Å². The number of aliphatic carboxylic acids is 1. The van der Waals surface area contributed by atoms with Gasteiger partial charge in [-0.2, -0.15) is 11.8 Å². The zero-order valence-electron chi connectivity index (χ0n) is 12.8. The minimum Gasteiger partial charge on any atom is -0.480 e. The molecule has 0 atom stereocenters. The summed E-state index contributed by atoms with van der Waals surface area (Å²) in [6, 6.07) is 0. The maximum Gasteiger partial charge on any atom is 0.329 e. The largest absolute Gasteiger partial charge is 0.480 e. The lowest BCUT2D eigenvalue weighted by Crippen LogP contribution is -2.57. The minimum absolute atomic E-state index is 0.119. The van der Waals surface area contributed by atoms with Crippen molar-refractivity contribution in [3.8, 4) is 0 Å². The van der Waals surface area contributed by atoms with Crippen molar-refractivity contribution in [3.05, 3.63) is 23.9 Å². The number of hydrogen-bond acceptors (Lipinski definition) is 6. The van der Waals surface area contributed by atoms with Gasteiger partial charge < -0.3 is 15.3 Å². The average Bonchev–Trinajstić information content (AvgIpc) is 2.54. The molecular formula is C14H17N3O5S2. The highest BCUT2D eigenvalue weighted by Crippen LogP contribution is 2.28. The third-order valence-electron chi connectivity index (χ3n) is 4.19. The van der Waals surface area contributed by atoms with Crippen LogP contribution in [0.5, 0.6) is 0 Å². The Bertz CT molecular complexity index is 763. The van der Waals surface area contributed by atoms with E-state index in [-0.39, 0.29) is 23.7 Å². The van der Waals surface area contributed by atoms with E-state index in [9.17, 15) is 23.1 Å². The molecule has 10 heteroatoms. The monoisotopic (exact) mass is 371 g/mol. The molecule has 0 aromatic heterocycles. The maximum absolute atomic E-state index is 12.5. The molecule has 0 bridgehead atoms. The van der Waals surface area contributed by atoms with Crippen molar-refractivity contribution in [2.24, 2.45) is 4.40 Å². The summed E-state index contributed by atoms with van der Waals surface area (Å²) in [6.07, 6.45) is 5.18. The molecule has 1 fully saturated rings. The Kier molecular flexibility index (Phi) is 4.43. The van der Waals surface area contributed by atoms with Gasteiger partial charge in [0.25, 0.3) is 15.9 Å². The molecule has 1 amide bonds. The zero-order valence-corrected chi connectivity index (χ0v) is 14.4. The standard InChI is InChI=1S/C14H17N3O5S2/c18-12(15-14(13(19)20)3-6-23-7-4-14)10-1-2-11-16-24(21,22)8-5-17(11)9-10/h1-2,9H,3-8H2,(H,15,18)(H,19,20). The van der Waals surface area contributed by atoms with Crippen molar-refractivity contribution in [3.63, 3.8) is 0 Å². The van der Waals surface area contributed by atoms with Crippen LogP contribution in [0, 0.1) is 0 Å². The van der Waals surface area contributed by atoms with Crippen LogP contribution < -0.4 is 5.32 Å². The summed E-state index contributed by atoms with van der Waals surface area (Å²) in [7, 11) is -3.45. The Hall–Kier alpha value is -1.81. The fraction of sp³-hybridized carbons (Fsp3) is 0.500. The molecule has 3 rings (SSSR count). The van der Waals surface area contributed by atoms with Crippen molar-refractivity contribution in [1.82, 2.24) is 10.2 Å². The van der Waals surface area contributed by atoms with E-state index in [0.717, 1.165) is 0 Å². The molecule has 3 heterocycles. The van der Waals surface area contributed by atoms with Gasteiger partial charge in [-0.25, -0.2) is 13.2 Å². The highest BCUT2D eigenvalue weighted by Gasteiger charge is 2.41. The molecule has 0 spiro atoms. The Morgan fingerprint density at radius 2 is 2.00 bits per heavy atom. The Labute approximate surface area is 143 Å². The van der Waals surface area contributed by atoms with Crippen molar-refractivity contribution in [2.75, 3.05) is 23.8 Å². The number of hydrogen-bond donors (Lipinski definition) is 2. The second-order valence-electron chi connectivity index (χ2n) is 5.80. The molecule has 0 saturated carbocycles. The molecular weight excluding hydrogens is 354 g/mol. The minimum atomic E-state index is -3.45. The number of carboxylic acid groups (broad SMARTS) is 1. The third-order valence-corrected chi connectivity index (χ3v) is 6.34. The van der Waals surface area contributed by atoms with E-state index >= 15 is 0 Å². The lowest BCUT2D eigenvalue weighted by atomic mass is 9.91. The number of rotatable bonds is 3. The van der Waals surface area contributed by atoms with Gasteiger partial charge in [0.05, 0.1) is 11.3 Å². The maximum atomic E-state index is 12.5. The number of nitrogens with one attached hydrogen (secondary N) is 1. The summed E-state index contributed by atoms with van der Waals surface area (Å²) in [6.45, 7) is 0.211. The summed E-state index contributed by atoms with van der Waals surface area (Å²) in [5.41, 5.74) is -0.955. The average molecular weight is 371 g/mol. The summed E-state index contributed by atoms with van der Waals surface area (Å²) < 4.78 is 26.6. The Balaban J connectivity index is 1.78. The number of amidine groups is 1. The highest BCUT2D eigenvalue weighted by atomic mass is 32.2. The normalized spacial score (nSPS) is 24.4. The first-order chi connectivity index (χ1) is 11.3. The SMILES string of the molecule is O=C(NC1(C(=O)O)CCSCC1)C1=CN2CCS(=O)(=O)N=C2C=C1. The quantitative estimate of drug-likeness (QED) is 0.714. The first-order valence-corrected chi connectivity index (χ1v) is 10.2. The molecule has 8 nitrogen and oxygen atoms in total. The van der Waals surface area contributed by atoms with Crippen LogP contribution in [0.4, 0.5) is 0 Å². The van der Waals surface area contributed by atoms with E-state index in [1.54, 1.807) is 16.7 Å². The molecule has 0 unspecified atom stereocenters. The number of fused-ring (bicyclic) bond motifs is 1. The van der Waals surface area contributed by atoms with E-state index in [0.29, 0.717) is 24.3 Å². The molecule has 0 aromatic carbocycles. The van der Waals surface area contributed by atoms with Crippen LogP contribution >= 0.6 is 11.8 Å². The number of carboxylic acids is 1. The third kappa shape index (κ3) is 3.34. The topological polar surface area (TPSA) is 116 Å². The summed E-state index contributed by atoms with van der Waals surface area (Å²) in [4.78, 5) is 25.7. The van der Waals surface area contributed by atoms with Gasteiger partial charge in [-0.3, -0.25) is 4.79 Å². The molecule has 2 N–H and O–H groups in total. The number of carbonyl (C=O) groups excluding carboxylic acids is 1. The van der Waals surface area contributed by atoms with Crippen molar-refractivity contribution < 1.29 is 23.1 Å². The summed E-state index contributed by atoms with van der Waals surface area (Å²) >= 11 is 1.67. The fourth-order valence-corrected chi connectivity index (χ4v) is 4.90. The molecule has 1 saturated heterocycles. The van der Waals surface area contributed by atoms with E-state index in [1.807, 2.05) is 0 Å². The fourth-order valence-electron chi connectivity index (χ4n) is 2.74. The van der Waals surface area contributed by atoms with Crippen molar-refractivity contribution >= 4 is 39.5 Å². The second kappa shape index (κ2) is 6.25. The Morgan fingerprint density at radius 3 is 2.67 bits per heavy atom. The van der Waals surface area contributed by atoms with Crippen LogP contribution in [-0.4, -0.2) is 65.5 Å². The predicted molar refractivity (Wildman–Crippen MR) is 90.2 cm³/mol. The number of sulfonamides is 1. The molecule has 0 aliphatic carbocycles. The van der Waals surface area contributed by atoms with Gasteiger partial charge >= 0.3 is 5.97 Å². The van der Waals surface area contributed by atoms with Gasteiger partial charge in [0.2, 0.25) is 0 Å². The van der Waals surface area contributed by atoms with E-state index < -0.39 is 27.4 Å². The highest BCUT2D eigenvalue weighted by molar-refractivity contribution is 7.99. The van der Waals surface area contributed by atoms with Crippen molar-refractivity contribution in [1.29, 1.82) is 0 Å². The van der Waals surface area contributed by atoms with Gasteiger partial charge in [-0.15, -0.1) is 4.40 Å². The van der Waals surface area contributed by atoms with Gasteiger partial charge in [-0.1, -0.05) is 0 Å². The van der Waals surface area contributed by atoms with Gasteiger partial charge in [0.15, 0.2) is 0 Å². The lowest BCUT2D eigenvalue weighted by molar-refractivity contribution is -0.147. The summed E-state index contributed by atoms with van der Waals surface area (Å²) in [5.74, 6) is 0.00648. The van der Waals surface area contributed by atoms with Crippen LogP contribution in [0.2, 0.25) is 0 Å². The number of thioether (sulfide) groups is 1. The number of nitrogens with zero attached hydrogens (tertiary/aromatic N) is 2. The van der Waals surface area contributed by atoms with Crippen LogP contribution in [0.25, 0.3) is 0 Å². The molecule has 0 aromatic rings. The molecule has 0 radical (unpaired) electrons. The summed E-state index contributed by atoms with van der Waals surface area (Å²) in [5, 5.41) is 12.2. The van der Waals surface area contributed by atoms with Gasteiger partial charge in [0.1, 0.15) is 11.4 Å². The van der Waals surface area contributed by atoms with Crippen LogP contribution in [-0.2, 0) is 19.6 Å². The Morgan fingerprint density at radius 1 is 1.29 bits per heavy atom. The first-order valence-electron chi connectivity index (χ1n) is 7.44. The van der Waals surface area contributed by atoms with Crippen LogP contribution in [0.3, 0.4) is 0 Å². The first kappa shape index (κ1) is 17.0. The zero-order chi connectivity index (χ0) is 17.4. The second-order valence-corrected chi connectivity index (χ2v) is 8.78. The number of carbonyl (C=O) groups is 2. The van der Waals surface area contributed by atoms with Gasteiger partial charge in [-0.05, 0) is 36.5 Å². The number of amides is 1. The van der Waals surface area contributed by atoms with E-state index in [1.165, 1.54) is 18.4 Å². The molecule has 130 valence electrons. The van der Waals surface area contributed by atoms with Crippen molar-refractivity contribution in [2.45, 2.75) is 18.4 Å². The van der Waals surface area contributed by atoms with Crippen LogP contribution in [0.15, 0.2) is 28.3 Å². The molecule has 3 aliphatic rings. The van der Waals surface area contributed by atoms with E-state index in [4.69, 9.17) is 0 Å². The lowest BCUT2D eigenvalue weighted by Gasteiger charge is -2.34. The smallest absolute Gasteiger partial charge is 0.329 e. The van der Waals surface area contributed by atoms with E-state index in [2.05, 4.69) is 9.71 Å². The molecule has 24 heavy (non-hydrogen) atoms. The van der Waals surface area contributed by atoms with Gasteiger partial charge in [0, 0.05) is 12.7 Å². The predicted octanol–water partition coefficient (Wildman–Crippen LogP) is -0.0494.